The summed E-state index contributed by atoms with van der Waals surface area (Å²) < 4.78 is 0. The van der Waals surface area contributed by atoms with Gasteiger partial charge >= 0.3 is 0 Å². The lowest BCUT2D eigenvalue weighted by Crippen LogP contribution is -2.00. The second-order valence-corrected chi connectivity index (χ2v) is 2.79. The Balaban J connectivity index is 2.20. The lowest BCUT2D eigenvalue weighted by atomic mass is 10.2. The summed E-state index contributed by atoms with van der Waals surface area (Å²) in [5.41, 5.74) is 7.01. The van der Waals surface area contributed by atoms with Gasteiger partial charge in [0, 0.05) is 24.4 Å². The van der Waals surface area contributed by atoms with Crippen molar-refractivity contribution in [3.05, 3.63) is 30.1 Å². The van der Waals surface area contributed by atoms with E-state index in [2.05, 4.69) is 4.98 Å². The van der Waals surface area contributed by atoms with Gasteiger partial charge < -0.3 is 5.73 Å². The van der Waals surface area contributed by atoms with Crippen molar-refractivity contribution >= 4 is 0 Å². The summed E-state index contributed by atoms with van der Waals surface area (Å²) in [5, 5.41) is 0. The van der Waals surface area contributed by atoms with E-state index in [-0.39, 0.29) is 0 Å². The zero-order valence-corrected chi connectivity index (χ0v) is 5.70. The Morgan fingerprint density at radius 1 is 1.40 bits per heavy atom. The molecule has 1 aliphatic carbocycles. The molecule has 1 aliphatic rings. The number of nitrogens with two attached hydrogens (primary N) is 1. The number of aromatic nitrogens is 1. The Kier molecular flexibility index (Phi) is 1.21. The lowest BCUT2D eigenvalue weighted by Gasteiger charge is -1.93. The molecule has 0 radical (unpaired) electrons. The van der Waals surface area contributed by atoms with E-state index < -0.39 is 0 Å². The fourth-order valence-electron chi connectivity index (χ4n) is 1.21. The van der Waals surface area contributed by atoms with Crippen molar-refractivity contribution < 1.29 is 0 Å². The molecular formula is C8H10N2. The highest BCUT2D eigenvalue weighted by Crippen LogP contribution is 2.38. The first-order chi connectivity index (χ1) is 4.88. The molecule has 0 spiro atoms. The fraction of sp³-hybridized carbons (Fsp3) is 0.375. The molecule has 10 heavy (non-hydrogen) atoms. The molecule has 2 heteroatoms. The van der Waals surface area contributed by atoms with E-state index in [1.807, 2.05) is 24.5 Å². The van der Waals surface area contributed by atoms with Gasteiger partial charge in [0.2, 0.25) is 0 Å². The fourth-order valence-corrected chi connectivity index (χ4v) is 1.21. The predicted molar refractivity (Wildman–Crippen MR) is 39.6 cm³/mol. The third-order valence-electron chi connectivity index (χ3n) is 1.97. The minimum absolute atomic E-state index is 0.405. The molecule has 1 saturated carbocycles. The van der Waals surface area contributed by atoms with E-state index in [4.69, 9.17) is 5.73 Å². The van der Waals surface area contributed by atoms with Crippen LogP contribution in [0.3, 0.4) is 0 Å². The van der Waals surface area contributed by atoms with Crippen molar-refractivity contribution in [1.82, 2.24) is 4.98 Å². The van der Waals surface area contributed by atoms with E-state index in [0.717, 1.165) is 6.42 Å². The van der Waals surface area contributed by atoms with Crippen LogP contribution < -0.4 is 5.73 Å². The molecule has 0 saturated heterocycles. The average Bonchev–Trinajstić information content (AvgIpc) is 2.69. The summed E-state index contributed by atoms with van der Waals surface area (Å²) in [6, 6.07) is 4.48. The van der Waals surface area contributed by atoms with Gasteiger partial charge in [0.1, 0.15) is 0 Å². The summed E-state index contributed by atoms with van der Waals surface area (Å²) in [5.74, 6) is 0.614. The zero-order valence-electron chi connectivity index (χ0n) is 5.70. The van der Waals surface area contributed by atoms with Crippen molar-refractivity contribution in [3.63, 3.8) is 0 Å². The van der Waals surface area contributed by atoms with Crippen LogP contribution in [0.4, 0.5) is 0 Å². The first-order valence-electron chi connectivity index (χ1n) is 3.53. The molecule has 52 valence electrons. The normalized spacial score (nSPS) is 30.1. The number of hydrogen-bond donors (Lipinski definition) is 1. The van der Waals surface area contributed by atoms with Crippen molar-refractivity contribution in [2.75, 3.05) is 0 Å². The molecule has 1 fully saturated rings. The van der Waals surface area contributed by atoms with E-state index in [9.17, 15) is 0 Å². The standard InChI is InChI=1S/C8H10N2/c9-8-5-7(8)6-1-3-10-4-2-6/h1-4,7-8H,5,9H2. The van der Waals surface area contributed by atoms with Gasteiger partial charge in [0.15, 0.2) is 0 Å². The number of nitrogens with zero attached hydrogens (tertiary/aromatic N) is 1. The minimum Gasteiger partial charge on any atom is -0.327 e. The Morgan fingerprint density at radius 2 is 2.00 bits per heavy atom. The van der Waals surface area contributed by atoms with Crippen LogP contribution in [0.2, 0.25) is 0 Å². The van der Waals surface area contributed by atoms with Crippen molar-refractivity contribution in [2.24, 2.45) is 5.73 Å². The van der Waals surface area contributed by atoms with Gasteiger partial charge in [-0.05, 0) is 24.1 Å². The van der Waals surface area contributed by atoms with E-state index >= 15 is 0 Å². The Bertz CT molecular complexity index is 220. The van der Waals surface area contributed by atoms with Crippen LogP contribution in [0.15, 0.2) is 24.5 Å². The van der Waals surface area contributed by atoms with Crippen molar-refractivity contribution in [2.45, 2.75) is 18.4 Å². The average molecular weight is 134 g/mol. The van der Waals surface area contributed by atoms with Crippen molar-refractivity contribution in [3.8, 4) is 0 Å². The first-order valence-corrected chi connectivity index (χ1v) is 3.53. The maximum absolute atomic E-state index is 5.68. The topological polar surface area (TPSA) is 38.9 Å². The molecule has 0 bridgehead atoms. The third-order valence-corrected chi connectivity index (χ3v) is 1.97. The molecule has 0 aliphatic heterocycles. The van der Waals surface area contributed by atoms with E-state index in [1.165, 1.54) is 5.56 Å². The van der Waals surface area contributed by atoms with Crippen LogP contribution in [-0.2, 0) is 0 Å². The molecule has 0 aromatic carbocycles. The Labute approximate surface area is 60.1 Å². The van der Waals surface area contributed by atoms with Gasteiger partial charge in [-0.2, -0.15) is 0 Å². The molecule has 1 aromatic rings. The van der Waals surface area contributed by atoms with Crippen LogP contribution >= 0.6 is 0 Å². The van der Waals surface area contributed by atoms with E-state index in [0.29, 0.717) is 12.0 Å². The highest BCUT2D eigenvalue weighted by molar-refractivity contribution is 5.24. The van der Waals surface area contributed by atoms with Gasteiger partial charge in [0.05, 0.1) is 0 Å². The second kappa shape index (κ2) is 2.06. The smallest absolute Gasteiger partial charge is 0.0270 e. The molecule has 2 rings (SSSR count). The Hall–Kier alpha value is -0.890. The summed E-state index contributed by atoms with van der Waals surface area (Å²) >= 11 is 0. The third kappa shape index (κ3) is 0.907. The van der Waals surface area contributed by atoms with E-state index in [1.54, 1.807) is 0 Å². The highest BCUT2D eigenvalue weighted by Gasteiger charge is 2.34. The molecule has 1 heterocycles. The molecule has 2 nitrogen and oxygen atoms in total. The van der Waals surface area contributed by atoms with Crippen LogP contribution in [0, 0.1) is 0 Å². The van der Waals surface area contributed by atoms with Gasteiger partial charge in [-0.3, -0.25) is 4.98 Å². The maximum Gasteiger partial charge on any atom is 0.0270 e. The number of hydrogen-bond acceptors (Lipinski definition) is 2. The lowest BCUT2D eigenvalue weighted by molar-refractivity contribution is 0.986. The molecule has 2 atom stereocenters. The van der Waals surface area contributed by atoms with Gasteiger partial charge in [0.25, 0.3) is 0 Å². The first kappa shape index (κ1) is 5.86. The predicted octanol–water partition coefficient (Wildman–Crippen LogP) is 0.896. The summed E-state index contributed by atoms with van der Waals surface area (Å²) in [6.07, 6.45) is 4.78. The number of pyridine rings is 1. The van der Waals surface area contributed by atoms with Crippen LogP contribution in [-0.4, -0.2) is 11.0 Å². The maximum atomic E-state index is 5.68. The molecule has 2 N–H and O–H groups in total. The van der Waals surface area contributed by atoms with Crippen molar-refractivity contribution in [1.29, 1.82) is 0 Å². The minimum atomic E-state index is 0.405. The molecule has 1 aromatic heterocycles. The SMILES string of the molecule is NC1CC1c1ccncc1. The van der Waals surface area contributed by atoms with Crippen LogP contribution in [0.25, 0.3) is 0 Å². The van der Waals surface area contributed by atoms with Gasteiger partial charge in [-0.15, -0.1) is 0 Å². The zero-order chi connectivity index (χ0) is 6.97. The molecule has 2 unspecified atom stereocenters. The summed E-state index contributed by atoms with van der Waals surface area (Å²) in [7, 11) is 0. The monoisotopic (exact) mass is 134 g/mol. The largest absolute Gasteiger partial charge is 0.327 e. The summed E-state index contributed by atoms with van der Waals surface area (Å²) in [4.78, 5) is 3.94. The highest BCUT2D eigenvalue weighted by atomic mass is 14.7. The Morgan fingerprint density at radius 3 is 2.50 bits per heavy atom. The molecular weight excluding hydrogens is 124 g/mol. The van der Waals surface area contributed by atoms with Gasteiger partial charge in [-0.1, -0.05) is 0 Å². The molecule has 0 amide bonds. The second-order valence-electron chi connectivity index (χ2n) is 2.79. The van der Waals surface area contributed by atoms with Gasteiger partial charge in [-0.25, -0.2) is 0 Å². The summed E-state index contributed by atoms with van der Waals surface area (Å²) in [6.45, 7) is 0. The number of rotatable bonds is 1. The van der Waals surface area contributed by atoms with Crippen LogP contribution in [0.5, 0.6) is 0 Å². The quantitative estimate of drug-likeness (QED) is 0.619. The van der Waals surface area contributed by atoms with Crippen LogP contribution in [0.1, 0.15) is 17.9 Å².